The van der Waals surface area contributed by atoms with E-state index in [-0.39, 0.29) is 6.10 Å². The fraction of sp³-hybridized carbons (Fsp3) is 0.571. The van der Waals surface area contributed by atoms with Crippen LogP contribution in [0.3, 0.4) is 0 Å². The normalized spacial score (nSPS) is 22.5. The second kappa shape index (κ2) is 5.78. The molecule has 2 nitrogen and oxygen atoms in total. The average Bonchev–Trinajstić information content (AvgIpc) is 2.38. The Bertz CT molecular complexity index is 369. The van der Waals surface area contributed by atoms with E-state index in [2.05, 4.69) is 30.0 Å². The number of para-hydroxylation sites is 1. The lowest BCUT2D eigenvalue weighted by atomic mass is 10.0. The molecule has 0 saturated carbocycles. The van der Waals surface area contributed by atoms with E-state index >= 15 is 0 Å². The van der Waals surface area contributed by atoms with Crippen molar-refractivity contribution in [3.63, 3.8) is 0 Å². The third kappa shape index (κ3) is 2.78. The highest BCUT2D eigenvalue weighted by atomic mass is 32.2. The SMILES string of the molecule is CC[C@H](O)c1ccccc1N1CCSCC1C. The summed E-state index contributed by atoms with van der Waals surface area (Å²) >= 11 is 2.02. The van der Waals surface area contributed by atoms with Crippen LogP contribution in [0, 0.1) is 0 Å². The van der Waals surface area contributed by atoms with Gasteiger partial charge in [0.25, 0.3) is 0 Å². The standard InChI is InChI=1S/C14H21NOS/c1-3-14(16)12-6-4-5-7-13(12)15-8-9-17-10-11(15)2/h4-7,11,14,16H,3,8-10H2,1-2H3/t11?,14-/m0/s1. The molecule has 1 fully saturated rings. The van der Waals surface area contributed by atoms with Crippen LogP contribution in [-0.2, 0) is 0 Å². The minimum Gasteiger partial charge on any atom is -0.388 e. The van der Waals surface area contributed by atoms with E-state index in [9.17, 15) is 5.11 Å². The fourth-order valence-electron chi connectivity index (χ4n) is 2.34. The lowest BCUT2D eigenvalue weighted by molar-refractivity contribution is 0.174. The summed E-state index contributed by atoms with van der Waals surface area (Å²) in [6.45, 7) is 5.37. The van der Waals surface area contributed by atoms with Gasteiger partial charge in [-0.3, -0.25) is 0 Å². The number of nitrogens with zero attached hydrogens (tertiary/aromatic N) is 1. The van der Waals surface area contributed by atoms with Gasteiger partial charge in [-0.05, 0) is 19.4 Å². The van der Waals surface area contributed by atoms with Crippen LogP contribution in [0.25, 0.3) is 0 Å². The van der Waals surface area contributed by atoms with E-state index in [1.807, 2.05) is 24.8 Å². The first-order chi connectivity index (χ1) is 8.24. The summed E-state index contributed by atoms with van der Waals surface area (Å²) in [6, 6.07) is 8.83. The van der Waals surface area contributed by atoms with Gasteiger partial charge >= 0.3 is 0 Å². The predicted molar refractivity (Wildman–Crippen MR) is 75.8 cm³/mol. The smallest absolute Gasteiger partial charge is 0.0807 e. The number of anilines is 1. The zero-order valence-electron chi connectivity index (χ0n) is 10.6. The number of benzene rings is 1. The molecule has 0 aromatic heterocycles. The summed E-state index contributed by atoms with van der Waals surface area (Å²) in [6.07, 6.45) is 0.432. The topological polar surface area (TPSA) is 23.5 Å². The molecule has 1 aliphatic heterocycles. The number of thioether (sulfide) groups is 1. The van der Waals surface area contributed by atoms with Gasteiger partial charge < -0.3 is 10.0 Å². The van der Waals surface area contributed by atoms with Crippen LogP contribution in [0.1, 0.15) is 31.9 Å². The number of hydrogen-bond acceptors (Lipinski definition) is 3. The highest BCUT2D eigenvalue weighted by Gasteiger charge is 2.22. The van der Waals surface area contributed by atoms with Gasteiger partial charge in [-0.15, -0.1) is 0 Å². The van der Waals surface area contributed by atoms with Crippen molar-refractivity contribution in [1.29, 1.82) is 0 Å². The lowest BCUT2D eigenvalue weighted by Crippen LogP contribution is -2.41. The van der Waals surface area contributed by atoms with Crippen LogP contribution in [-0.4, -0.2) is 29.2 Å². The Balaban J connectivity index is 2.30. The largest absolute Gasteiger partial charge is 0.388 e. The van der Waals surface area contributed by atoms with Gasteiger partial charge in [0.1, 0.15) is 0 Å². The van der Waals surface area contributed by atoms with Gasteiger partial charge in [-0.2, -0.15) is 11.8 Å². The highest BCUT2D eigenvalue weighted by molar-refractivity contribution is 7.99. The van der Waals surface area contributed by atoms with Crippen molar-refractivity contribution >= 4 is 17.4 Å². The van der Waals surface area contributed by atoms with Crippen LogP contribution in [0.4, 0.5) is 5.69 Å². The molecule has 1 saturated heterocycles. The highest BCUT2D eigenvalue weighted by Crippen LogP contribution is 2.31. The third-order valence-electron chi connectivity index (χ3n) is 3.36. The van der Waals surface area contributed by atoms with E-state index in [1.165, 1.54) is 17.2 Å². The first-order valence-corrected chi connectivity index (χ1v) is 7.51. The first-order valence-electron chi connectivity index (χ1n) is 6.35. The molecule has 3 heteroatoms. The quantitative estimate of drug-likeness (QED) is 0.893. The van der Waals surface area contributed by atoms with E-state index < -0.39 is 0 Å². The van der Waals surface area contributed by atoms with Crippen LogP contribution in [0.15, 0.2) is 24.3 Å². The van der Waals surface area contributed by atoms with Crippen molar-refractivity contribution in [2.24, 2.45) is 0 Å². The average molecular weight is 251 g/mol. The number of aliphatic hydroxyl groups is 1. The summed E-state index contributed by atoms with van der Waals surface area (Å²) in [5.41, 5.74) is 2.29. The first kappa shape index (κ1) is 12.8. The van der Waals surface area contributed by atoms with Crippen molar-refractivity contribution in [1.82, 2.24) is 0 Å². The molecular formula is C14H21NOS. The number of hydrogen-bond donors (Lipinski definition) is 1. The minimum atomic E-state index is -0.340. The molecule has 1 aliphatic rings. The van der Waals surface area contributed by atoms with Gasteiger partial charge in [0.2, 0.25) is 0 Å². The van der Waals surface area contributed by atoms with E-state index in [0.717, 1.165) is 18.5 Å². The zero-order chi connectivity index (χ0) is 12.3. The van der Waals surface area contributed by atoms with Gasteiger partial charge in [0, 0.05) is 35.3 Å². The molecule has 1 aromatic rings. The van der Waals surface area contributed by atoms with E-state index in [1.54, 1.807) is 0 Å². The molecule has 2 rings (SSSR count). The van der Waals surface area contributed by atoms with Crippen LogP contribution >= 0.6 is 11.8 Å². The van der Waals surface area contributed by atoms with Gasteiger partial charge in [-0.1, -0.05) is 25.1 Å². The molecule has 1 heterocycles. The number of aliphatic hydroxyl groups excluding tert-OH is 1. The van der Waals surface area contributed by atoms with Gasteiger partial charge in [0.05, 0.1) is 6.10 Å². The molecule has 0 aliphatic carbocycles. The summed E-state index contributed by atoms with van der Waals surface area (Å²) in [7, 11) is 0. The third-order valence-corrected chi connectivity index (χ3v) is 4.55. The lowest BCUT2D eigenvalue weighted by Gasteiger charge is -2.36. The molecule has 1 aromatic carbocycles. The predicted octanol–water partition coefficient (Wildman–Crippen LogP) is 3.07. The summed E-state index contributed by atoms with van der Waals surface area (Å²) in [5.74, 6) is 2.36. The molecule has 1 unspecified atom stereocenters. The van der Waals surface area contributed by atoms with Crippen LogP contribution in [0.2, 0.25) is 0 Å². The second-order valence-electron chi connectivity index (χ2n) is 4.60. The maximum absolute atomic E-state index is 10.1. The molecule has 17 heavy (non-hydrogen) atoms. The summed E-state index contributed by atoms with van der Waals surface area (Å²) in [4.78, 5) is 2.44. The monoisotopic (exact) mass is 251 g/mol. The second-order valence-corrected chi connectivity index (χ2v) is 5.75. The Labute approximate surface area is 108 Å². The molecule has 2 atom stereocenters. The van der Waals surface area contributed by atoms with E-state index in [0.29, 0.717) is 6.04 Å². The van der Waals surface area contributed by atoms with Crippen molar-refractivity contribution in [2.45, 2.75) is 32.4 Å². The van der Waals surface area contributed by atoms with Crippen LogP contribution in [0.5, 0.6) is 0 Å². The Morgan fingerprint density at radius 2 is 2.24 bits per heavy atom. The Morgan fingerprint density at radius 3 is 2.94 bits per heavy atom. The van der Waals surface area contributed by atoms with E-state index in [4.69, 9.17) is 0 Å². The molecule has 0 spiro atoms. The number of rotatable bonds is 3. The molecular weight excluding hydrogens is 230 g/mol. The van der Waals surface area contributed by atoms with Gasteiger partial charge in [-0.25, -0.2) is 0 Å². The Hall–Kier alpha value is -0.670. The van der Waals surface area contributed by atoms with Gasteiger partial charge in [0.15, 0.2) is 0 Å². The van der Waals surface area contributed by atoms with Crippen molar-refractivity contribution < 1.29 is 5.11 Å². The molecule has 1 N–H and O–H groups in total. The molecule has 0 amide bonds. The van der Waals surface area contributed by atoms with Crippen molar-refractivity contribution in [2.75, 3.05) is 23.0 Å². The minimum absolute atomic E-state index is 0.340. The van der Waals surface area contributed by atoms with Crippen molar-refractivity contribution in [3.05, 3.63) is 29.8 Å². The molecule has 94 valence electrons. The fourth-order valence-corrected chi connectivity index (χ4v) is 3.35. The van der Waals surface area contributed by atoms with Crippen LogP contribution < -0.4 is 4.90 Å². The maximum atomic E-state index is 10.1. The molecule has 0 bridgehead atoms. The Kier molecular flexibility index (Phi) is 4.35. The maximum Gasteiger partial charge on any atom is 0.0807 e. The summed E-state index contributed by atoms with van der Waals surface area (Å²) in [5, 5.41) is 10.1. The molecule has 0 radical (unpaired) electrons. The summed E-state index contributed by atoms with van der Waals surface area (Å²) < 4.78 is 0. The van der Waals surface area contributed by atoms with Crippen molar-refractivity contribution in [3.8, 4) is 0 Å². The Morgan fingerprint density at radius 1 is 1.47 bits per heavy atom. The zero-order valence-corrected chi connectivity index (χ0v) is 11.4.